The molecule has 2 aromatic rings. The minimum atomic E-state index is -3.20. The van der Waals surface area contributed by atoms with Gasteiger partial charge in [0.05, 0.1) is 27.4 Å². The molecule has 0 aliphatic carbocycles. The summed E-state index contributed by atoms with van der Waals surface area (Å²) in [6, 6.07) is 11.7. The van der Waals surface area contributed by atoms with Crippen LogP contribution in [0.5, 0.6) is 0 Å². The van der Waals surface area contributed by atoms with Crippen LogP contribution in [0.3, 0.4) is 0 Å². The molecule has 0 spiro atoms. The lowest BCUT2D eigenvalue weighted by atomic mass is 10.1. The maximum absolute atomic E-state index is 13.5. The summed E-state index contributed by atoms with van der Waals surface area (Å²) in [4.78, 5) is 27.6. The van der Waals surface area contributed by atoms with Crippen molar-refractivity contribution in [3.05, 3.63) is 63.7 Å². The largest absolute Gasteiger partial charge is 0.376 e. The van der Waals surface area contributed by atoms with E-state index in [1.165, 1.54) is 17.8 Å². The molecule has 2 atom stereocenters. The van der Waals surface area contributed by atoms with Crippen molar-refractivity contribution in [3.63, 3.8) is 0 Å². The summed E-state index contributed by atoms with van der Waals surface area (Å²) in [5, 5.41) is 11.8. The predicted octanol–water partition coefficient (Wildman–Crippen LogP) is 3.86. The predicted molar refractivity (Wildman–Crippen MR) is 125 cm³/mol. The Bertz CT molecular complexity index is 1140. The second kappa shape index (κ2) is 9.82. The van der Waals surface area contributed by atoms with E-state index in [9.17, 15) is 23.3 Å². The molecule has 8 nitrogen and oxygen atoms in total. The minimum Gasteiger partial charge on any atom is -0.376 e. The number of ether oxygens (including phenoxy) is 1. The average molecular weight is 491 g/mol. The first-order valence-electron chi connectivity index (χ1n) is 10.9. The highest BCUT2D eigenvalue weighted by atomic mass is 32.2. The number of aryl methyl sites for hydroxylation is 1. The monoisotopic (exact) mass is 490 g/mol. The van der Waals surface area contributed by atoms with Crippen LogP contribution in [0.25, 0.3) is 0 Å². The molecule has 33 heavy (non-hydrogen) atoms. The van der Waals surface area contributed by atoms with Crippen LogP contribution >= 0.6 is 11.8 Å². The molecule has 0 N–H and O–H groups in total. The highest BCUT2D eigenvalue weighted by molar-refractivity contribution is 7.99. The zero-order valence-corrected chi connectivity index (χ0v) is 19.9. The van der Waals surface area contributed by atoms with Crippen LogP contribution in [0.2, 0.25) is 0 Å². The summed E-state index contributed by atoms with van der Waals surface area (Å²) in [6.07, 6.45) is 1.91. The number of nitro groups is 1. The maximum Gasteiger partial charge on any atom is 0.284 e. The normalized spacial score (nSPS) is 21.7. The zero-order chi connectivity index (χ0) is 23.6. The van der Waals surface area contributed by atoms with E-state index in [0.717, 1.165) is 23.3 Å². The zero-order valence-electron chi connectivity index (χ0n) is 18.3. The van der Waals surface area contributed by atoms with Gasteiger partial charge in [0.25, 0.3) is 11.6 Å². The first kappa shape index (κ1) is 23.7. The highest BCUT2D eigenvalue weighted by Gasteiger charge is 2.37. The summed E-state index contributed by atoms with van der Waals surface area (Å²) < 4.78 is 29.8. The number of hydrogen-bond donors (Lipinski definition) is 0. The molecule has 0 unspecified atom stereocenters. The van der Waals surface area contributed by atoms with Gasteiger partial charge < -0.3 is 9.64 Å². The van der Waals surface area contributed by atoms with Crippen molar-refractivity contribution in [2.75, 3.05) is 24.7 Å². The SMILES string of the molecule is Cc1ccc(Sc2ccc(C(=O)N(C[C@H]3CCCO3)[C@@H]3CCS(=O)(=O)C3)cc2[N+](=O)[O-])cc1. The standard InChI is InChI=1S/C23H26N2O6S2/c1-16-4-7-20(8-5-16)32-22-9-6-17(13-21(22)25(27)28)23(26)24(14-19-3-2-11-31-19)18-10-12-33(29,30)15-18/h4-9,13,18-19H,2-3,10-12,14-15H2,1H3/t18-,19-/m1/s1. The van der Waals surface area contributed by atoms with Crippen molar-refractivity contribution in [3.8, 4) is 0 Å². The molecule has 2 aliphatic heterocycles. The van der Waals surface area contributed by atoms with Gasteiger partial charge in [-0.3, -0.25) is 14.9 Å². The summed E-state index contributed by atoms with van der Waals surface area (Å²) in [6.45, 7) is 2.87. The van der Waals surface area contributed by atoms with Crippen molar-refractivity contribution in [2.45, 2.75) is 48.1 Å². The molecule has 4 rings (SSSR count). The summed E-state index contributed by atoms with van der Waals surface area (Å²) in [5.74, 6) is -0.448. The lowest BCUT2D eigenvalue weighted by Gasteiger charge is -2.30. The third-order valence-electron chi connectivity index (χ3n) is 5.99. The Morgan fingerprint density at radius 2 is 1.97 bits per heavy atom. The number of nitrogens with zero attached hydrogens (tertiary/aromatic N) is 2. The Labute approximate surface area is 197 Å². The molecule has 0 bridgehead atoms. The molecule has 0 saturated carbocycles. The fraction of sp³-hybridized carbons (Fsp3) is 0.435. The van der Waals surface area contributed by atoms with Gasteiger partial charge >= 0.3 is 0 Å². The van der Waals surface area contributed by atoms with E-state index in [4.69, 9.17) is 4.74 Å². The topological polar surface area (TPSA) is 107 Å². The number of amides is 1. The minimum absolute atomic E-state index is 0.0409. The van der Waals surface area contributed by atoms with E-state index < -0.39 is 26.7 Å². The van der Waals surface area contributed by atoms with Crippen LogP contribution < -0.4 is 0 Å². The molecule has 10 heteroatoms. The third kappa shape index (κ3) is 5.74. The number of sulfone groups is 1. The molecule has 1 amide bonds. The first-order valence-corrected chi connectivity index (χ1v) is 13.5. The van der Waals surface area contributed by atoms with Crippen molar-refractivity contribution in [1.29, 1.82) is 0 Å². The van der Waals surface area contributed by atoms with Gasteiger partial charge in [-0.05, 0) is 50.5 Å². The third-order valence-corrected chi connectivity index (χ3v) is 8.81. The second-order valence-corrected chi connectivity index (χ2v) is 11.8. The van der Waals surface area contributed by atoms with Gasteiger partial charge in [0.2, 0.25) is 0 Å². The Balaban J connectivity index is 1.61. The summed E-state index contributed by atoms with van der Waals surface area (Å²) in [5.41, 5.74) is 1.12. The number of nitro benzene ring substituents is 1. The number of hydrogen-bond acceptors (Lipinski definition) is 7. The van der Waals surface area contributed by atoms with Crippen LogP contribution in [-0.4, -0.2) is 61.0 Å². The van der Waals surface area contributed by atoms with Gasteiger partial charge in [0.1, 0.15) is 0 Å². The van der Waals surface area contributed by atoms with Crippen LogP contribution in [0, 0.1) is 17.0 Å². The molecule has 0 aromatic heterocycles. The van der Waals surface area contributed by atoms with Crippen molar-refractivity contribution < 1.29 is 22.9 Å². The first-order chi connectivity index (χ1) is 15.7. The molecular formula is C23H26N2O6S2. The lowest BCUT2D eigenvalue weighted by molar-refractivity contribution is -0.387. The van der Waals surface area contributed by atoms with Gasteiger partial charge in [-0.2, -0.15) is 0 Å². The summed E-state index contributed by atoms with van der Waals surface area (Å²) in [7, 11) is -3.20. The van der Waals surface area contributed by atoms with Gasteiger partial charge in [-0.1, -0.05) is 29.5 Å². The fourth-order valence-corrected chi connectivity index (χ4v) is 6.84. The molecular weight excluding hydrogens is 464 g/mol. The van der Waals surface area contributed by atoms with E-state index in [2.05, 4.69) is 0 Å². The van der Waals surface area contributed by atoms with Crippen LogP contribution in [0.1, 0.15) is 35.2 Å². The number of benzene rings is 2. The van der Waals surface area contributed by atoms with E-state index in [-0.39, 0.29) is 35.4 Å². The molecule has 2 aromatic carbocycles. The van der Waals surface area contributed by atoms with Gasteiger partial charge in [0, 0.05) is 35.7 Å². The quantitative estimate of drug-likeness (QED) is 0.428. The Morgan fingerprint density at radius 1 is 1.21 bits per heavy atom. The summed E-state index contributed by atoms with van der Waals surface area (Å²) >= 11 is 1.27. The Hall–Kier alpha value is -2.43. The Morgan fingerprint density at radius 3 is 2.58 bits per heavy atom. The van der Waals surface area contributed by atoms with E-state index in [1.54, 1.807) is 17.0 Å². The van der Waals surface area contributed by atoms with E-state index in [1.807, 2.05) is 31.2 Å². The fourth-order valence-electron chi connectivity index (χ4n) is 4.21. The molecule has 2 saturated heterocycles. The highest BCUT2D eigenvalue weighted by Crippen LogP contribution is 2.36. The van der Waals surface area contributed by atoms with Gasteiger partial charge in [-0.25, -0.2) is 8.42 Å². The number of carbonyl (C=O) groups is 1. The van der Waals surface area contributed by atoms with Crippen LogP contribution in [-0.2, 0) is 14.6 Å². The number of rotatable bonds is 7. The number of carbonyl (C=O) groups excluding carboxylic acids is 1. The maximum atomic E-state index is 13.5. The van der Waals surface area contributed by atoms with Crippen LogP contribution in [0.15, 0.2) is 52.3 Å². The molecule has 2 fully saturated rings. The van der Waals surface area contributed by atoms with Gasteiger partial charge in [-0.15, -0.1) is 0 Å². The molecule has 0 radical (unpaired) electrons. The van der Waals surface area contributed by atoms with Gasteiger partial charge in [0.15, 0.2) is 9.84 Å². The lowest BCUT2D eigenvalue weighted by Crippen LogP contribution is -2.45. The second-order valence-electron chi connectivity index (χ2n) is 8.50. The van der Waals surface area contributed by atoms with Crippen LogP contribution in [0.4, 0.5) is 5.69 Å². The average Bonchev–Trinajstić information content (AvgIpc) is 3.42. The molecule has 176 valence electrons. The van der Waals surface area contributed by atoms with E-state index >= 15 is 0 Å². The van der Waals surface area contributed by atoms with Crippen molar-refractivity contribution in [2.24, 2.45) is 0 Å². The molecule has 2 heterocycles. The van der Waals surface area contributed by atoms with Crippen molar-refractivity contribution in [1.82, 2.24) is 4.90 Å². The smallest absolute Gasteiger partial charge is 0.284 e. The molecule has 2 aliphatic rings. The van der Waals surface area contributed by atoms with E-state index in [0.29, 0.717) is 17.9 Å². The Kier molecular flexibility index (Phi) is 7.06. The van der Waals surface area contributed by atoms with Crippen molar-refractivity contribution >= 4 is 33.2 Å².